The van der Waals surface area contributed by atoms with Crippen LogP contribution in [0, 0.1) is 0 Å². The van der Waals surface area contributed by atoms with Crippen LogP contribution in [0.4, 0.5) is 0 Å². The monoisotopic (exact) mass is 369 g/mol. The van der Waals surface area contributed by atoms with E-state index >= 15 is 0 Å². The van der Waals surface area contributed by atoms with Gasteiger partial charge in [-0.25, -0.2) is 0 Å². The highest BCUT2D eigenvalue weighted by Crippen LogP contribution is 2.20. The van der Waals surface area contributed by atoms with Gasteiger partial charge in [0.1, 0.15) is 6.04 Å². The van der Waals surface area contributed by atoms with Gasteiger partial charge in [0.2, 0.25) is 5.91 Å². The van der Waals surface area contributed by atoms with Gasteiger partial charge in [-0.15, -0.1) is 0 Å². The maximum Gasteiger partial charge on any atom is 0.254 e. The molecule has 0 bridgehead atoms. The number of amides is 2. The van der Waals surface area contributed by atoms with Crippen LogP contribution in [0.2, 0.25) is 0 Å². The molecule has 0 unspecified atom stereocenters. The topological polar surface area (TPSA) is 85.1 Å². The van der Waals surface area contributed by atoms with Crippen LogP contribution in [0.3, 0.4) is 0 Å². The second kappa shape index (κ2) is 7.48. The van der Waals surface area contributed by atoms with E-state index in [1.165, 1.54) is 0 Å². The third-order valence-electron chi connectivity index (χ3n) is 4.83. The zero-order valence-electron chi connectivity index (χ0n) is 15.1. The van der Waals surface area contributed by atoms with Crippen molar-refractivity contribution in [1.82, 2.24) is 10.3 Å². The average molecular weight is 369 g/mol. The summed E-state index contributed by atoms with van der Waals surface area (Å²) in [5, 5.41) is 5.76. The summed E-state index contributed by atoms with van der Waals surface area (Å²) in [6.45, 7) is 0. The number of nitrogens with two attached hydrogens (primary N) is 1. The molecular weight excluding hydrogens is 350 g/mol. The lowest BCUT2D eigenvalue weighted by atomic mass is 9.98. The molecule has 1 aromatic heterocycles. The fraction of sp³-hybridized carbons (Fsp3) is 0.0870. The number of rotatable bonds is 5. The Morgan fingerprint density at radius 1 is 0.893 bits per heavy atom. The molecule has 0 fully saturated rings. The molecule has 0 aliphatic heterocycles. The lowest BCUT2D eigenvalue weighted by molar-refractivity contribution is -0.119. The largest absolute Gasteiger partial charge is 0.368 e. The standard InChI is InChI=1S/C23H19N3O2/c24-22(27)20(14-17-9-3-7-15-6-1-2-11-18(15)17)26-23(28)19-12-4-8-16-10-5-13-25-21(16)19/h1-13,20H,14H2,(H2,24,27)(H,26,28)/t20-/m1/s1. The van der Waals surface area contributed by atoms with Crippen molar-refractivity contribution in [3.8, 4) is 0 Å². The molecule has 0 saturated heterocycles. The number of aromatic nitrogens is 1. The number of nitrogens with zero attached hydrogens (tertiary/aromatic N) is 1. The average Bonchev–Trinajstić information content (AvgIpc) is 2.73. The second-order valence-corrected chi connectivity index (χ2v) is 6.65. The first-order valence-electron chi connectivity index (χ1n) is 9.04. The molecule has 0 aliphatic rings. The van der Waals surface area contributed by atoms with Crippen LogP contribution < -0.4 is 11.1 Å². The molecular formula is C23H19N3O2. The molecule has 4 aromatic rings. The molecule has 1 atom stereocenters. The van der Waals surface area contributed by atoms with Crippen molar-refractivity contribution in [3.05, 3.63) is 90.1 Å². The molecule has 0 radical (unpaired) electrons. The van der Waals surface area contributed by atoms with Crippen LogP contribution in [0.5, 0.6) is 0 Å². The SMILES string of the molecule is NC(=O)[C@@H](Cc1cccc2ccccc12)NC(=O)c1cccc2cccnc12. The highest BCUT2D eigenvalue weighted by molar-refractivity contribution is 6.06. The normalized spacial score (nSPS) is 12.0. The van der Waals surface area contributed by atoms with Gasteiger partial charge in [-0.1, -0.05) is 60.7 Å². The summed E-state index contributed by atoms with van der Waals surface area (Å²) in [6, 6.07) is 22.1. The number of nitrogens with one attached hydrogen (secondary N) is 1. The van der Waals surface area contributed by atoms with Gasteiger partial charge in [-0.3, -0.25) is 14.6 Å². The van der Waals surface area contributed by atoms with Crippen LogP contribution in [0.25, 0.3) is 21.7 Å². The van der Waals surface area contributed by atoms with Gasteiger partial charge in [0, 0.05) is 18.0 Å². The molecule has 138 valence electrons. The van der Waals surface area contributed by atoms with E-state index < -0.39 is 11.9 Å². The van der Waals surface area contributed by atoms with Crippen molar-refractivity contribution in [3.63, 3.8) is 0 Å². The zero-order valence-corrected chi connectivity index (χ0v) is 15.1. The quantitative estimate of drug-likeness (QED) is 0.566. The van der Waals surface area contributed by atoms with E-state index in [4.69, 9.17) is 5.73 Å². The van der Waals surface area contributed by atoms with Crippen LogP contribution in [0.15, 0.2) is 79.0 Å². The number of primary amides is 1. The van der Waals surface area contributed by atoms with E-state index in [1.807, 2.05) is 60.7 Å². The maximum absolute atomic E-state index is 12.9. The first-order valence-corrected chi connectivity index (χ1v) is 9.04. The molecule has 3 N–H and O–H groups in total. The first kappa shape index (κ1) is 17.7. The van der Waals surface area contributed by atoms with Crippen LogP contribution in [-0.4, -0.2) is 22.8 Å². The minimum Gasteiger partial charge on any atom is -0.368 e. The third-order valence-corrected chi connectivity index (χ3v) is 4.83. The molecule has 0 saturated carbocycles. The van der Waals surface area contributed by atoms with Gasteiger partial charge >= 0.3 is 0 Å². The van der Waals surface area contributed by atoms with E-state index in [0.29, 0.717) is 17.5 Å². The highest BCUT2D eigenvalue weighted by Gasteiger charge is 2.21. The van der Waals surface area contributed by atoms with Crippen LogP contribution in [0.1, 0.15) is 15.9 Å². The highest BCUT2D eigenvalue weighted by atomic mass is 16.2. The molecule has 2 amide bonds. The number of carbonyl (C=O) groups excluding carboxylic acids is 2. The van der Waals surface area contributed by atoms with E-state index in [9.17, 15) is 9.59 Å². The summed E-state index contributed by atoms with van der Waals surface area (Å²) >= 11 is 0. The Hall–Kier alpha value is -3.73. The summed E-state index contributed by atoms with van der Waals surface area (Å²) in [4.78, 5) is 29.2. The minimum atomic E-state index is -0.822. The summed E-state index contributed by atoms with van der Waals surface area (Å²) in [7, 11) is 0. The Labute approximate surface area is 162 Å². The van der Waals surface area contributed by atoms with Crippen LogP contribution in [-0.2, 0) is 11.2 Å². The van der Waals surface area contributed by atoms with Gasteiger partial charge in [-0.05, 0) is 28.5 Å². The Bertz CT molecular complexity index is 1180. The number of carbonyl (C=O) groups is 2. The minimum absolute atomic E-state index is 0.320. The van der Waals surface area contributed by atoms with Crippen molar-refractivity contribution in [1.29, 1.82) is 0 Å². The van der Waals surface area contributed by atoms with Crippen molar-refractivity contribution in [2.24, 2.45) is 5.73 Å². The van der Waals surface area contributed by atoms with E-state index in [1.54, 1.807) is 18.3 Å². The Balaban J connectivity index is 1.63. The number of hydrogen-bond acceptors (Lipinski definition) is 3. The molecule has 4 rings (SSSR count). The number of benzene rings is 3. The van der Waals surface area contributed by atoms with E-state index in [0.717, 1.165) is 21.7 Å². The number of fused-ring (bicyclic) bond motifs is 2. The van der Waals surface area contributed by atoms with Crippen molar-refractivity contribution < 1.29 is 9.59 Å². The molecule has 1 heterocycles. The number of hydrogen-bond donors (Lipinski definition) is 2. The Morgan fingerprint density at radius 2 is 1.61 bits per heavy atom. The van der Waals surface area contributed by atoms with Gasteiger partial charge < -0.3 is 11.1 Å². The molecule has 0 spiro atoms. The Kier molecular flexibility index (Phi) is 4.72. The van der Waals surface area contributed by atoms with Gasteiger partial charge in [-0.2, -0.15) is 0 Å². The number of pyridine rings is 1. The molecule has 3 aromatic carbocycles. The first-order chi connectivity index (χ1) is 13.6. The predicted octanol–water partition coefficient (Wildman–Crippen LogP) is 3.21. The second-order valence-electron chi connectivity index (χ2n) is 6.65. The van der Waals surface area contributed by atoms with Crippen molar-refractivity contribution in [2.75, 3.05) is 0 Å². The van der Waals surface area contributed by atoms with Crippen molar-refractivity contribution >= 4 is 33.5 Å². The molecule has 5 heteroatoms. The molecule has 5 nitrogen and oxygen atoms in total. The zero-order chi connectivity index (χ0) is 19.5. The number of para-hydroxylation sites is 1. The van der Waals surface area contributed by atoms with Gasteiger partial charge in [0.25, 0.3) is 5.91 Å². The van der Waals surface area contributed by atoms with Crippen LogP contribution >= 0.6 is 0 Å². The molecule has 28 heavy (non-hydrogen) atoms. The molecule has 0 aliphatic carbocycles. The van der Waals surface area contributed by atoms with E-state index in [2.05, 4.69) is 10.3 Å². The fourth-order valence-electron chi connectivity index (χ4n) is 3.44. The predicted molar refractivity (Wildman–Crippen MR) is 110 cm³/mol. The summed E-state index contributed by atoms with van der Waals surface area (Å²) in [5.74, 6) is -0.942. The third kappa shape index (κ3) is 3.42. The summed E-state index contributed by atoms with van der Waals surface area (Å²) in [5.41, 5.74) is 7.57. The van der Waals surface area contributed by atoms with Gasteiger partial charge in [0.15, 0.2) is 0 Å². The van der Waals surface area contributed by atoms with E-state index in [-0.39, 0.29) is 5.91 Å². The van der Waals surface area contributed by atoms with Gasteiger partial charge in [0.05, 0.1) is 11.1 Å². The smallest absolute Gasteiger partial charge is 0.254 e. The summed E-state index contributed by atoms with van der Waals surface area (Å²) in [6.07, 6.45) is 1.96. The summed E-state index contributed by atoms with van der Waals surface area (Å²) < 4.78 is 0. The maximum atomic E-state index is 12.9. The lowest BCUT2D eigenvalue weighted by Crippen LogP contribution is -2.46. The van der Waals surface area contributed by atoms with Crippen molar-refractivity contribution in [2.45, 2.75) is 12.5 Å². The lowest BCUT2D eigenvalue weighted by Gasteiger charge is -2.17. The Morgan fingerprint density at radius 3 is 2.46 bits per heavy atom. The fourth-order valence-corrected chi connectivity index (χ4v) is 3.44.